The lowest BCUT2D eigenvalue weighted by Crippen LogP contribution is -3.13. The second-order valence-corrected chi connectivity index (χ2v) is 8.05. The predicted molar refractivity (Wildman–Crippen MR) is 116 cm³/mol. The smallest absolute Gasteiger partial charge is 0.234 e. The number of ether oxygens (including phenoxy) is 1. The number of benzene rings is 2. The Morgan fingerprint density at radius 3 is 2.38 bits per heavy atom. The molecule has 1 aliphatic heterocycles. The highest BCUT2D eigenvalue weighted by molar-refractivity contribution is 8.00. The Kier molecular flexibility index (Phi) is 7.95. The van der Waals surface area contributed by atoms with Gasteiger partial charge in [0.1, 0.15) is 12.3 Å². The molecule has 0 atom stereocenters. The summed E-state index contributed by atoms with van der Waals surface area (Å²) in [5, 5.41) is 2.83. The summed E-state index contributed by atoms with van der Waals surface area (Å²) >= 11 is 1.36. The van der Waals surface area contributed by atoms with Crippen LogP contribution in [0.2, 0.25) is 0 Å². The molecule has 154 valence electrons. The van der Waals surface area contributed by atoms with Crippen LogP contribution in [0.1, 0.15) is 5.56 Å². The first kappa shape index (κ1) is 21.2. The number of quaternary nitrogens is 1. The average molecular weight is 415 g/mol. The summed E-state index contributed by atoms with van der Waals surface area (Å²) in [6.45, 7) is 4.48. The summed E-state index contributed by atoms with van der Waals surface area (Å²) in [4.78, 5) is 27.9. The minimum atomic E-state index is -0.106. The Labute approximate surface area is 176 Å². The van der Waals surface area contributed by atoms with Crippen molar-refractivity contribution in [2.24, 2.45) is 0 Å². The highest BCUT2D eigenvalue weighted by Gasteiger charge is 2.23. The average Bonchev–Trinajstić information content (AvgIpc) is 2.75. The predicted octanol–water partition coefficient (Wildman–Crippen LogP) is 1.29. The largest absolute Gasteiger partial charge is 0.497 e. The minimum absolute atomic E-state index is 0.106. The molecule has 0 spiro atoms. The standard InChI is InChI=1S/C22H27N3O3S/c1-28-20-9-7-19(8-10-20)23-21(26)16-29-17-22(27)25-13-11-24(12-14-25)15-18-5-3-2-4-6-18/h2-10H,11-17H2,1H3,(H,23,26)/p+1. The number of carbonyl (C=O) groups excluding carboxylic acids is 2. The molecule has 1 fully saturated rings. The van der Waals surface area contributed by atoms with E-state index in [0.717, 1.165) is 44.2 Å². The van der Waals surface area contributed by atoms with Gasteiger partial charge in [-0.3, -0.25) is 9.59 Å². The van der Waals surface area contributed by atoms with Gasteiger partial charge in [-0.25, -0.2) is 0 Å². The van der Waals surface area contributed by atoms with Crippen LogP contribution in [0, 0.1) is 0 Å². The van der Waals surface area contributed by atoms with Gasteiger partial charge in [0, 0.05) is 11.3 Å². The number of nitrogens with one attached hydrogen (secondary N) is 2. The van der Waals surface area contributed by atoms with Gasteiger partial charge in [0.15, 0.2) is 0 Å². The molecule has 3 rings (SSSR count). The van der Waals surface area contributed by atoms with Crippen LogP contribution in [0.25, 0.3) is 0 Å². The number of piperazine rings is 1. The molecule has 1 aliphatic rings. The first-order valence-electron chi connectivity index (χ1n) is 9.81. The number of nitrogens with zero attached hydrogens (tertiary/aromatic N) is 1. The monoisotopic (exact) mass is 414 g/mol. The van der Waals surface area contributed by atoms with Crippen molar-refractivity contribution in [1.82, 2.24) is 4.90 Å². The number of methoxy groups -OCH3 is 1. The lowest BCUT2D eigenvalue weighted by Gasteiger charge is -2.32. The summed E-state index contributed by atoms with van der Waals surface area (Å²) < 4.78 is 5.10. The highest BCUT2D eigenvalue weighted by Crippen LogP contribution is 2.15. The van der Waals surface area contributed by atoms with Crippen LogP contribution in [0.15, 0.2) is 54.6 Å². The Balaban J connectivity index is 1.33. The van der Waals surface area contributed by atoms with Crippen LogP contribution in [0.4, 0.5) is 5.69 Å². The summed E-state index contributed by atoms with van der Waals surface area (Å²) in [6.07, 6.45) is 0. The van der Waals surface area contributed by atoms with E-state index >= 15 is 0 Å². The van der Waals surface area contributed by atoms with Gasteiger partial charge in [-0.05, 0) is 24.3 Å². The van der Waals surface area contributed by atoms with Gasteiger partial charge >= 0.3 is 0 Å². The van der Waals surface area contributed by atoms with E-state index in [1.807, 2.05) is 11.0 Å². The van der Waals surface area contributed by atoms with Crippen LogP contribution in [0.5, 0.6) is 5.75 Å². The highest BCUT2D eigenvalue weighted by atomic mass is 32.2. The zero-order valence-electron chi connectivity index (χ0n) is 16.7. The van der Waals surface area contributed by atoms with Gasteiger partial charge in [0.05, 0.1) is 44.8 Å². The van der Waals surface area contributed by atoms with Crippen molar-refractivity contribution in [1.29, 1.82) is 0 Å². The fourth-order valence-corrected chi connectivity index (χ4v) is 4.04. The van der Waals surface area contributed by atoms with Crippen molar-refractivity contribution in [3.63, 3.8) is 0 Å². The van der Waals surface area contributed by atoms with Gasteiger partial charge in [-0.1, -0.05) is 30.3 Å². The molecule has 2 N–H and O–H groups in total. The quantitative estimate of drug-likeness (QED) is 0.684. The topological polar surface area (TPSA) is 63.1 Å². The molecule has 0 aromatic heterocycles. The second-order valence-electron chi connectivity index (χ2n) is 7.06. The Morgan fingerprint density at radius 1 is 1.03 bits per heavy atom. The molecule has 1 saturated heterocycles. The lowest BCUT2D eigenvalue weighted by molar-refractivity contribution is -0.917. The van der Waals surface area contributed by atoms with Crippen molar-refractivity contribution < 1.29 is 19.2 Å². The van der Waals surface area contributed by atoms with Gasteiger partial charge in [-0.15, -0.1) is 11.8 Å². The molecule has 0 unspecified atom stereocenters. The van der Waals surface area contributed by atoms with Crippen LogP contribution < -0.4 is 15.0 Å². The van der Waals surface area contributed by atoms with Crippen LogP contribution in [-0.4, -0.2) is 61.5 Å². The van der Waals surface area contributed by atoms with E-state index in [1.54, 1.807) is 31.4 Å². The number of hydrogen-bond acceptors (Lipinski definition) is 4. The molecule has 6 nitrogen and oxygen atoms in total. The van der Waals surface area contributed by atoms with E-state index < -0.39 is 0 Å². The molecule has 7 heteroatoms. The molecule has 2 amide bonds. The number of thioether (sulfide) groups is 1. The third-order valence-corrected chi connectivity index (χ3v) is 5.87. The zero-order valence-corrected chi connectivity index (χ0v) is 17.5. The van der Waals surface area contributed by atoms with E-state index in [2.05, 4.69) is 29.6 Å². The summed E-state index contributed by atoms with van der Waals surface area (Å²) in [5.74, 6) is 1.35. The van der Waals surface area contributed by atoms with Crippen LogP contribution in [0.3, 0.4) is 0 Å². The molecule has 0 radical (unpaired) electrons. The number of rotatable bonds is 8. The Morgan fingerprint density at radius 2 is 1.72 bits per heavy atom. The van der Waals surface area contributed by atoms with Gasteiger partial charge in [-0.2, -0.15) is 0 Å². The van der Waals surface area contributed by atoms with E-state index in [0.29, 0.717) is 5.75 Å². The zero-order chi connectivity index (χ0) is 20.5. The Hall–Kier alpha value is -2.51. The third-order valence-electron chi connectivity index (χ3n) is 4.95. The van der Waals surface area contributed by atoms with Crippen molar-refractivity contribution in [3.05, 3.63) is 60.2 Å². The normalized spacial score (nSPS) is 14.4. The number of hydrogen-bond donors (Lipinski definition) is 2. The van der Waals surface area contributed by atoms with Gasteiger partial charge < -0.3 is 19.9 Å². The number of carbonyl (C=O) groups is 2. The van der Waals surface area contributed by atoms with Gasteiger partial charge in [0.25, 0.3) is 0 Å². The maximum atomic E-state index is 12.4. The second kappa shape index (κ2) is 10.9. The SMILES string of the molecule is COc1ccc(NC(=O)CSCC(=O)N2CC[NH+](Cc3ccccc3)CC2)cc1. The fourth-order valence-electron chi connectivity index (χ4n) is 3.33. The molecule has 2 aromatic rings. The summed E-state index contributed by atoms with van der Waals surface area (Å²) in [7, 11) is 1.60. The third kappa shape index (κ3) is 6.80. The van der Waals surface area contributed by atoms with Crippen LogP contribution in [-0.2, 0) is 16.1 Å². The van der Waals surface area contributed by atoms with Crippen molar-refractivity contribution in [3.8, 4) is 5.75 Å². The van der Waals surface area contributed by atoms with Crippen molar-refractivity contribution in [2.75, 3.05) is 50.1 Å². The summed E-state index contributed by atoms with van der Waals surface area (Å²) in [6, 6.07) is 17.7. The van der Waals surface area contributed by atoms with E-state index in [9.17, 15) is 9.59 Å². The van der Waals surface area contributed by atoms with Crippen LogP contribution >= 0.6 is 11.8 Å². The van der Waals surface area contributed by atoms with E-state index in [-0.39, 0.29) is 17.6 Å². The molecule has 1 heterocycles. The fraction of sp³-hybridized carbons (Fsp3) is 0.364. The number of anilines is 1. The first-order valence-corrected chi connectivity index (χ1v) is 11.0. The number of amides is 2. The first-order chi connectivity index (χ1) is 14.1. The molecule has 2 aromatic carbocycles. The molecule has 0 bridgehead atoms. The molecule has 0 saturated carbocycles. The minimum Gasteiger partial charge on any atom is -0.497 e. The van der Waals surface area contributed by atoms with E-state index in [1.165, 1.54) is 22.2 Å². The van der Waals surface area contributed by atoms with Crippen molar-refractivity contribution >= 4 is 29.3 Å². The lowest BCUT2D eigenvalue weighted by atomic mass is 10.2. The Bertz CT molecular complexity index is 791. The van der Waals surface area contributed by atoms with E-state index in [4.69, 9.17) is 4.74 Å². The maximum absolute atomic E-state index is 12.4. The molecular formula is C22H28N3O3S+. The maximum Gasteiger partial charge on any atom is 0.234 e. The van der Waals surface area contributed by atoms with Crippen molar-refractivity contribution in [2.45, 2.75) is 6.54 Å². The molecule has 29 heavy (non-hydrogen) atoms. The van der Waals surface area contributed by atoms with Gasteiger partial charge in [0.2, 0.25) is 11.8 Å². The summed E-state index contributed by atoms with van der Waals surface area (Å²) in [5.41, 5.74) is 2.06. The molecule has 0 aliphatic carbocycles. The molecular weight excluding hydrogens is 386 g/mol.